The number of carbonyl (C=O) groups is 2. The van der Waals surface area contributed by atoms with E-state index in [1.54, 1.807) is 30.3 Å². The molecule has 0 saturated heterocycles. The molecule has 0 aliphatic heterocycles. The quantitative estimate of drug-likeness (QED) is 0.126. The lowest BCUT2D eigenvalue weighted by molar-refractivity contribution is -0.123. The van der Waals surface area contributed by atoms with Gasteiger partial charge in [0.1, 0.15) is 11.5 Å². The van der Waals surface area contributed by atoms with Gasteiger partial charge in [0.15, 0.2) is 6.61 Å². The van der Waals surface area contributed by atoms with E-state index in [-0.39, 0.29) is 17.2 Å². The van der Waals surface area contributed by atoms with Crippen molar-refractivity contribution in [2.45, 2.75) is 0 Å². The number of esters is 1. The molecule has 4 aromatic carbocycles. The van der Waals surface area contributed by atoms with E-state index in [1.165, 1.54) is 18.3 Å². The van der Waals surface area contributed by atoms with Crippen LogP contribution in [0.1, 0.15) is 15.9 Å². The van der Waals surface area contributed by atoms with Crippen molar-refractivity contribution < 1.29 is 19.1 Å². The second kappa shape index (κ2) is 12.0. The molecular formula is C28H20Cl2N2O4. The third-order valence-electron chi connectivity index (χ3n) is 4.95. The summed E-state index contributed by atoms with van der Waals surface area (Å²) >= 11 is 11.9. The first-order valence-electron chi connectivity index (χ1n) is 10.9. The highest BCUT2D eigenvalue weighted by molar-refractivity contribution is 6.36. The van der Waals surface area contributed by atoms with Gasteiger partial charge in [-0.05, 0) is 59.2 Å². The molecule has 180 valence electrons. The first kappa shape index (κ1) is 25.0. The van der Waals surface area contributed by atoms with Crippen LogP contribution in [0.4, 0.5) is 0 Å². The van der Waals surface area contributed by atoms with Crippen LogP contribution < -0.4 is 14.9 Å². The van der Waals surface area contributed by atoms with Gasteiger partial charge in [0, 0.05) is 5.02 Å². The first-order valence-corrected chi connectivity index (χ1v) is 11.6. The summed E-state index contributed by atoms with van der Waals surface area (Å²) in [5, 5.41) is 4.55. The summed E-state index contributed by atoms with van der Waals surface area (Å²) in [4.78, 5) is 24.5. The molecule has 0 saturated carbocycles. The molecule has 0 aromatic heterocycles. The zero-order chi connectivity index (χ0) is 25.3. The van der Waals surface area contributed by atoms with E-state index in [4.69, 9.17) is 32.7 Å². The predicted molar refractivity (Wildman–Crippen MR) is 141 cm³/mol. The highest BCUT2D eigenvalue weighted by atomic mass is 35.5. The molecule has 0 radical (unpaired) electrons. The van der Waals surface area contributed by atoms with Crippen LogP contribution in [0.2, 0.25) is 10.0 Å². The number of hydrazone groups is 1. The zero-order valence-electron chi connectivity index (χ0n) is 18.9. The Labute approximate surface area is 218 Å². The Kier molecular flexibility index (Phi) is 8.34. The fraction of sp³-hybridized carbons (Fsp3) is 0.0357. The predicted octanol–water partition coefficient (Wildman–Crippen LogP) is 6.41. The van der Waals surface area contributed by atoms with Gasteiger partial charge in [0.25, 0.3) is 5.91 Å². The summed E-state index contributed by atoms with van der Waals surface area (Å²) in [6, 6.07) is 28.6. The summed E-state index contributed by atoms with van der Waals surface area (Å²) < 4.78 is 10.9. The summed E-state index contributed by atoms with van der Waals surface area (Å²) in [5.74, 6) is -0.168. The lowest BCUT2D eigenvalue weighted by atomic mass is 10.1. The number of amides is 1. The number of ether oxygens (including phenoxy) is 2. The minimum absolute atomic E-state index is 0.193. The third kappa shape index (κ3) is 6.95. The molecule has 0 atom stereocenters. The number of benzene rings is 4. The van der Waals surface area contributed by atoms with Crippen LogP contribution in [0.5, 0.6) is 11.5 Å². The van der Waals surface area contributed by atoms with Crippen LogP contribution in [0, 0.1) is 0 Å². The molecule has 0 heterocycles. The largest absolute Gasteiger partial charge is 0.484 e. The van der Waals surface area contributed by atoms with Gasteiger partial charge in [-0.1, -0.05) is 77.8 Å². The van der Waals surface area contributed by atoms with E-state index in [0.717, 1.165) is 11.1 Å². The molecular weight excluding hydrogens is 499 g/mol. The van der Waals surface area contributed by atoms with Gasteiger partial charge < -0.3 is 9.47 Å². The monoisotopic (exact) mass is 518 g/mol. The molecule has 8 heteroatoms. The first-order chi connectivity index (χ1) is 17.5. The molecule has 4 rings (SSSR count). The van der Waals surface area contributed by atoms with Crippen LogP contribution in [-0.4, -0.2) is 24.7 Å². The van der Waals surface area contributed by atoms with E-state index in [1.807, 2.05) is 54.6 Å². The van der Waals surface area contributed by atoms with Crippen molar-refractivity contribution in [1.29, 1.82) is 0 Å². The number of rotatable bonds is 8. The van der Waals surface area contributed by atoms with Gasteiger partial charge in [-0.3, -0.25) is 4.79 Å². The highest BCUT2D eigenvalue weighted by Gasteiger charge is 2.13. The molecule has 0 fully saturated rings. The minimum Gasteiger partial charge on any atom is -0.484 e. The molecule has 0 aliphatic rings. The average Bonchev–Trinajstić information content (AvgIpc) is 2.88. The molecule has 0 spiro atoms. The van der Waals surface area contributed by atoms with Crippen molar-refractivity contribution in [1.82, 2.24) is 5.43 Å². The van der Waals surface area contributed by atoms with E-state index in [9.17, 15) is 9.59 Å². The Morgan fingerprint density at radius 3 is 2.31 bits per heavy atom. The van der Waals surface area contributed by atoms with Gasteiger partial charge in [-0.25, -0.2) is 10.2 Å². The number of halogens is 2. The number of carbonyl (C=O) groups excluding carboxylic acids is 2. The van der Waals surface area contributed by atoms with Crippen molar-refractivity contribution in [2.75, 3.05) is 6.61 Å². The van der Waals surface area contributed by atoms with Gasteiger partial charge in [-0.2, -0.15) is 5.10 Å². The Morgan fingerprint density at radius 1 is 0.806 bits per heavy atom. The maximum Gasteiger partial charge on any atom is 0.345 e. The van der Waals surface area contributed by atoms with E-state index >= 15 is 0 Å². The molecule has 0 aliphatic carbocycles. The van der Waals surface area contributed by atoms with Crippen LogP contribution in [-0.2, 0) is 4.79 Å². The Hall–Kier alpha value is -4.13. The van der Waals surface area contributed by atoms with Crippen molar-refractivity contribution in [3.8, 4) is 22.6 Å². The SMILES string of the molecule is O=C(COc1ccc(-c2ccccc2)cc1)N/N=C\c1cccc(OC(=O)c2ccc(Cl)cc2Cl)c1. The van der Waals surface area contributed by atoms with Crippen LogP contribution in [0.3, 0.4) is 0 Å². The Balaban J connectivity index is 1.27. The average molecular weight is 519 g/mol. The van der Waals surface area contributed by atoms with Crippen molar-refractivity contribution >= 4 is 41.3 Å². The number of nitrogens with zero attached hydrogens (tertiary/aromatic N) is 1. The number of hydrogen-bond donors (Lipinski definition) is 1. The summed E-state index contributed by atoms with van der Waals surface area (Å²) in [5.41, 5.74) is 5.37. The lowest BCUT2D eigenvalue weighted by Crippen LogP contribution is -2.24. The third-order valence-corrected chi connectivity index (χ3v) is 5.50. The van der Waals surface area contributed by atoms with Gasteiger partial charge in [0.05, 0.1) is 16.8 Å². The van der Waals surface area contributed by atoms with E-state index < -0.39 is 11.9 Å². The topological polar surface area (TPSA) is 77.0 Å². The molecule has 1 amide bonds. The molecule has 36 heavy (non-hydrogen) atoms. The lowest BCUT2D eigenvalue weighted by Gasteiger charge is -2.07. The van der Waals surface area contributed by atoms with E-state index in [0.29, 0.717) is 22.1 Å². The number of hydrogen-bond acceptors (Lipinski definition) is 5. The van der Waals surface area contributed by atoms with E-state index in [2.05, 4.69) is 10.5 Å². The molecule has 6 nitrogen and oxygen atoms in total. The second-order valence-corrected chi connectivity index (χ2v) is 8.40. The maximum absolute atomic E-state index is 12.4. The standard InChI is InChI=1S/C28H20Cl2N2O4/c29-22-11-14-25(26(30)16-22)28(34)36-24-8-4-5-19(15-24)17-31-32-27(33)18-35-23-12-9-21(10-13-23)20-6-2-1-3-7-20/h1-17H,18H2,(H,32,33)/b31-17-. The van der Waals surface area contributed by atoms with Crippen molar-refractivity contribution in [2.24, 2.45) is 5.10 Å². The Morgan fingerprint density at radius 2 is 1.56 bits per heavy atom. The Bertz CT molecular complexity index is 1390. The van der Waals surface area contributed by atoms with Gasteiger partial charge >= 0.3 is 5.97 Å². The summed E-state index contributed by atoms with van der Waals surface area (Å²) in [6.45, 7) is -0.193. The smallest absolute Gasteiger partial charge is 0.345 e. The normalized spacial score (nSPS) is 10.7. The summed E-state index contributed by atoms with van der Waals surface area (Å²) in [6.07, 6.45) is 1.43. The van der Waals surface area contributed by atoms with Gasteiger partial charge in [-0.15, -0.1) is 0 Å². The maximum atomic E-state index is 12.4. The van der Waals surface area contributed by atoms with Gasteiger partial charge in [0.2, 0.25) is 0 Å². The zero-order valence-corrected chi connectivity index (χ0v) is 20.4. The van der Waals surface area contributed by atoms with Crippen LogP contribution in [0.25, 0.3) is 11.1 Å². The summed E-state index contributed by atoms with van der Waals surface area (Å²) in [7, 11) is 0. The van der Waals surface area contributed by atoms with Crippen molar-refractivity contribution in [3.63, 3.8) is 0 Å². The second-order valence-electron chi connectivity index (χ2n) is 7.56. The van der Waals surface area contributed by atoms with Crippen LogP contribution in [0.15, 0.2) is 102 Å². The van der Waals surface area contributed by atoms with Crippen molar-refractivity contribution in [3.05, 3.63) is 118 Å². The fourth-order valence-electron chi connectivity index (χ4n) is 3.21. The fourth-order valence-corrected chi connectivity index (χ4v) is 3.70. The molecule has 0 unspecified atom stereocenters. The molecule has 4 aromatic rings. The molecule has 1 N–H and O–H groups in total. The van der Waals surface area contributed by atoms with Crippen LogP contribution >= 0.6 is 23.2 Å². The minimum atomic E-state index is -0.618. The number of nitrogens with one attached hydrogen (secondary N) is 1. The molecule has 0 bridgehead atoms. The highest BCUT2D eigenvalue weighted by Crippen LogP contribution is 2.24.